The second-order valence-corrected chi connectivity index (χ2v) is 10.4. The molecule has 12 nitrogen and oxygen atoms in total. The highest BCUT2D eigenvalue weighted by Crippen LogP contribution is 2.40. The molecule has 0 atom stereocenters. The molecule has 0 bridgehead atoms. The van der Waals surface area contributed by atoms with Crippen molar-refractivity contribution in [3.8, 4) is 22.5 Å². The Morgan fingerprint density at radius 2 is 1.86 bits per heavy atom. The van der Waals surface area contributed by atoms with Crippen LogP contribution in [0, 0.1) is 5.82 Å². The van der Waals surface area contributed by atoms with Crippen LogP contribution in [-0.4, -0.2) is 72.9 Å². The zero-order valence-corrected chi connectivity index (χ0v) is 23.7. The largest absolute Gasteiger partial charge is 0.384 e. The summed E-state index contributed by atoms with van der Waals surface area (Å²) in [7, 11) is 3.41. The first-order chi connectivity index (χ1) is 20.8. The summed E-state index contributed by atoms with van der Waals surface area (Å²) in [6.07, 6.45) is 4.59. The Morgan fingerprint density at radius 1 is 1.09 bits per heavy atom. The van der Waals surface area contributed by atoms with Gasteiger partial charge in [-0.1, -0.05) is 0 Å². The molecule has 1 fully saturated rings. The smallest absolute Gasteiger partial charge is 0.257 e. The van der Waals surface area contributed by atoms with Crippen molar-refractivity contribution in [1.82, 2.24) is 34.3 Å². The molecule has 1 aromatic carbocycles. The lowest BCUT2D eigenvalue weighted by Gasteiger charge is -2.32. The Hall–Kier alpha value is -5.17. The number of methoxy groups -OCH3 is 1. The van der Waals surface area contributed by atoms with Crippen LogP contribution >= 0.6 is 0 Å². The van der Waals surface area contributed by atoms with Gasteiger partial charge in [0, 0.05) is 50.5 Å². The van der Waals surface area contributed by atoms with Crippen LogP contribution < -0.4 is 11.1 Å². The number of nitrogens with zero attached hydrogens (tertiary/aromatic N) is 7. The van der Waals surface area contributed by atoms with Crippen molar-refractivity contribution in [2.75, 3.05) is 37.9 Å². The van der Waals surface area contributed by atoms with Crippen LogP contribution in [0.3, 0.4) is 0 Å². The molecule has 3 N–H and O–H groups in total. The van der Waals surface area contributed by atoms with E-state index in [0.717, 1.165) is 29.7 Å². The number of ether oxygens (including phenoxy) is 1. The predicted molar refractivity (Wildman–Crippen MR) is 158 cm³/mol. The molecule has 220 valence electrons. The van der Waals surface area contributed by atoms with Crippen LogP contribution in [0.25, 0.3) is 28.2 Å². The van der Waals surface area contributed by atoms with E-state index in [2.05, 4.69) is 15.3 Å². The first kappa shape index (κ1) is 28.0. The molecule has 4 aromatic heterocycles. The number of halogens is 1. The van der Waals surface area contributed by atoms with Gasteiger partial charge in [0.2, 0.25) is 5.91 Å². The number of rotatable bonds is 7. The van der Waals surface area contributed by atoms with Gasteiger partial charge in [-0.25, -0.2) is 18.9 Å². The lowest BCUT2D eigenvalue weighted by Crippen LogP contribution is -2.40. The first-order valence-corrected chi connectivity index (χ1v) is 13.8. The van der Waals surface area contributed by atoms with Gasteiger partial charge in [-0.3, -0.25) is 14.3 Å². The van der Waals surface area contributed by atoms with E-state index in [0.29, 0.717) is 41.5 Å². The van der Waals surface area contributed by atoms with Crippen molar-refractivity contribution >= 4 is 29.1 Å². The number of nitrogens with one attached hydrogen (secondary N) is 1. The molecular weight excluding hydrogens is 553 g/mol. The summed E-state index contributed by atoms with van der Waals surface area (Å²) < 4.78 is 22.3. The lowest BCUT2D eigenvalue weighted by atomic mass is 9.88. The highest BCUT2D eigenvalue weighted by atomic mass is 19.1. The number of anilines is 2. The fourth-order valence-corrected chi connectivity index (χ4v) is 5.54. The minimum Gasteiger partial charge on any atom is -0.384 e. The third-order valence-corrected chi connectivity index (χ3v) is 7.57. The Morgan fingerprint density at radius 3 is 2.58 bits per heavy atom. The highest BCUT2D eigenvalue weighted by molar-refractivity contribution is 6.04. The van der Waals surface area contributed by atoms with E-state index in [9.17, 15) is 14.0 Å². The number of aryl methyl sites for hydroxylation is 1. The molecule has 0 spiro atoms. The third-order valence-electron chi connectivity index (χ3n) is 7.57. The molecule has 6 rings (SSSR count). The summed E-state index contributed by atoms with van der Waals surface area (Å²) in [4.78, 5) is 35.4. The van der Waals surface area contributed by atoms with Crippen molar-refractivity contribution in [3.63, 3.8) is 0 Å². The molecule has 5 aromatic rings. The van der Waals surface area contributed by atoms with E-state index in [-0.39, 0.29) is 36.0 Å². The van der Waals surface area contributed by atoms with Gasteiger partial charge < -0.3 is 20.7 Å². The zero-order chi connectivity index (χ0) is 30.1. The summed E-state index contributed by atoms with van der Waals surface area (Å²) in [6, 6.07) is 13.0. The van der Waals surface area contributed by atoms with Crippen molar-refractivity contribution in [3.05, 3.63) is 78.0 Å². The number of hydrogen-bond donors (Lipinski definition) is 2. The summed E-state index contributed by atoms with van der Waals surface area (Å²) in [5.74, 6) is -0.0663. The fraction of sp³-hybridized carbons (Fsp3) is 0.267. The number of benzene rings is 1. The summed E-state index contributed by atoms with van der Waals surface area (Å²) in [5, 5.41) is 12.5. The maximum atomic E-state index is 13.8. The number of pyridine rings is 1. The third kappa shape index (κ3) is 5.66. The first-order valence-electron chi connectivity index (χ1n) is 13.8. The number of hydrogen-bond acceptors (Lipinski definition) is 8. The molecule has 1 aliphatic heterocycles. The van der Waals surface area contributed by atoms with E-state index >= 15 is 0 Å². The standard InChI is InChI=1S/C30H30FN9O3/c1-38-29(19-10-13-39(14-11-19)26(41)17-43-2)27(28(37-38)18-3-5-21(31)6-4-18)22-7-8-25-34-24(16-40(25)36-22)35-30(42)20-9-12-33-23(32)15-20/h3-9,12,15-16,19H,10-11,13-14,17H2,1-2H3,(H2,32,33)(H,35,42). The van der Waals surface area contributed by atoms with Crippen molar-refractivity contribution in [1.29, 1.82) is 0 Å². The van der Waals surface area contributed by atoms with E-state index < -0.39 is 0 Å². The van der Waals surface area contributed by atoms with Gasteiger partial charge in [0.1, 0.15) is 23.9 Å². The minimum absolute atomic E-state index is 0.0271. The molecule has 0 radical (unpaired) electrons. The van der Waals surface area contributed by atoms with E-state index in [1.807, 2.05) is 28.8 Å². The summed E-state index contributed by atoms with van der Waals surface area (Å²) in [5.41, 5.74) is 10.5. The number of carbonyl (C=O) groups excluding carboxylic acids is 2. The Bertz CT molecular complexity index is 1810. The molecule has 5 heterocycles. The number of amides is 2. The summed E-state index contributed by atoms with van der Waals surface area (Å²) in [6.45, 7) is 1.26. The van der Waals surface area contributed by atoms with Gasteiger partial charge >= 0.3 is 0 Å². The molecule has 1 aliphatic rings. The Labute approximate surface area is 246 Å². The van der Waals surface area contributed by atoms with Gasteiger partial charge in [-0.15, -0.1) is 0 Å². The summed E-state index contributed by atoms with van der Waals surface area (Å²) >= 11 is 0. The van der Waals surface area contributed by atoms with Gasteiger partial charge in [-0.2, -0.15) is 10.2 Å². The predicted octanol–water partition coefficient (Wildman–Crippen LogP) is 3.52. The monoisotopic (exact) mass is 583 g/mol. The van der Waals surface area contributed by atoms with E-state index in [4.69, 9.17) is 20.7 Å². The Balaban J connectivity index is 1.36. The number of nitrogens with two attached hydrogens (primary N) is 1. The van der Waals surface area contributed by atoms with Crippen LogP contribution in [0.1, 0.15) is 34.8 Å². The van der Waals surface area contributed by atoms with Crippen LogP contribution in [0.4, 0.5) is 16.0 Å². The topological polar surface area (TPSA) is 146 Å². The number of nitrogen functional groups attached to an aromatic ring is 1. The van der Waals surface area contributed by atoms with Gasteiger partial charge in [0.05, 0.1) is 23.1 Å². The number of likely N-dealkylation sites (tertiary alicyclic amines) is 1. The normalized spacial score (nSPS) is 13.9. The van der Waals surface area contributed by atoms with Crippen molar-refractivity contribution in [2.24, 2.45) is 7.05 Å². The Kier molecular flexibility index (Phi) is 7.55. The fourth-order valence-electron chi connectivity index (χ4n) is 5.54. The average molecular weight is 584 g/mol. The molecule has 2 amide bonds. The van der Waals surface area contributed by atoms with Gasteiger partial charge in [-0.05, 0) is 61.4 Å². The molecule has 0 unspecified atom stereocenters. The quantitative estimate of drug-likeness (QED) is 0.296. The maximum Gasteiger partial charge on any atom is 0.257 e. The maximum absolute atomic E-state index is 13.8. The van der Waals surface area contributed by atoms with Crippen LogP contribution in [-0.2, 0) is 16.6 Å². The second kappa shape index (κ2) is 11.6. The number of fused-ring (bicyclic) bond motifs is 1. The van der Waals surface area contributed by atoms with E-state index in [1.165, 1.54) is 31.5 Å². The van der Waals surface area contributed by atoms with Gasteiger partial charge in [0.25, 0.3) is 5.91 Å². The number of piperidine rings is 1. The second-order valence-electron chi connectivity index (χ2n) is 10.4. The van der Waals surface area contributed by atoms with Crippen molar-refractivity contribution in [2.45, 2.75) is 18.8 Å². The number of carbonyl (C=O) groups is 2. The van der Waals surface area contributed by atoms with Crippen molar-refractivity contribution < 1.29 is 18.7 Å². The van der Waals surface area contributed by atoms with Crippen LogP contribution in [0.2, 0.25) is 0 Å². The molecule has 0 saturated carbocycles. The van der Waals surface area contributed by atoms with Gasteiger partial charge in [0.15, 0.2) is 11.5 Å². The zero-order valence-electron chi connectivity index (χ0n) is 23.7. The number of imidazole rings is 1. The lowest BCUT2D eigenvalue weighted by molar-refractivity contribution is -0.136. The molecule has 1 saturated heterocycles. The molecule has 43 heavy (non-hydrogen) atoms. The van der Waals surface area contributed by atoms with Crippen LogP contribution in [0.15, 0.2) is 60.9 Å². The molecule has 13 heteroatoms. The average Bonchev–Trinajstić information content (AvgIpc) is 3.57. The molecule has 0 aliphatic carbocycles. The minimum atomic E-state index is -0.374. The highest BCUT2D eigenvalue weighted by Gasteiger charge is 2.31. The van der Waals surface area contributed by atoms with E-state index in [1.54, 1.807) is 28.9 Å². The number of aromatic nitrogens is 6. The molecular formula is C30H30FN9O3. The van der Waals surface area contributed by atoms with Crippen LogP contribution in [0.5, 0.6) is 0 Å². The SMILES string of the molecule is COCC(=O)N1CCC(c2c(-c3ccc4nc(NC(=O)c5ccnc(N)c5)cn4n3)c(-c3ccc(F)cc3)nn2C)CC1.